The fourth-order valence-electron chi connectivity index (χ4n) is 0.668. The highest BCUT2D eigenvalue weighted by Gasteiger charge is 2.04. The van der Waals surface area contributed by atoms with Gasteiger partial charge < -0.3 is 11.5 Å². The molecule has 5 heteroatoms. The molecule has 0 amide bonds. The molecule has 0 saturated heterocycles. The summed E-state index contributed by atoms with van der Waals surface area (Å²) in [5.74, 6) is 0.0356. The van der Waals surface area contributed by atoms with Crippen molar-refractivity contribution >= 4 is 34.6 Å². The largest absolute Gasteiger partial charge is 0.370 e. The van der Waals surface area contributed by atoms with Crippen LogP contribution in [-0.2, 0) is 0 Å². The van der Waals surface area contributed by atoms with Crippen LogP contribution in [0, 0.1) is 6.92 Å². The van der Waals surface area contributed by atoms with Gasteiger partial charge in [-0.25, -0.2) is 4.99 Å². The van der Waals surface area contributed by atoms with Gasteiger partial charge in [0.25, 0.3) is 0 Å². The van der Waals surface area contributed by atoms with Crippen LogP contribution in [0.2, 0.25) is 4.34 Å². The van der Waals surface area contributed by atoms with Crippen LogP contribution in [0.25, 0.3) is 0 Å². The maximum atomic E-state index is 5.79. The van der Waals surface area contributed by atoms with Crippen molar-refractivity contribution in [2.75, 3.05) is 0 Å². The quantitative estimate of drug-likeness (QED) is 0.521. The normalized spacial score (nSPS) is 9.64. The summed E-state index contributed by atoms with van der Waals surface area (Å²) in [6.45, 7) is 1.91. The number of aliphatic imine (C=N–C) groups is 1. The first-order valence-electron chi connectivity index (χ1n) is 2.94. The van der Waals surface area contributed by atoms with Crippen molar-refractivity contribution in [2.24, 2.45) is 16.5 Å². The Balaban J connectivity index is 3.11. The van der Waals surface area contributed by atoms with Crippen molar-refractivity contribution in [3.63, 3.8) is 0 Å². The van der Waals surface area contributed by atoms with E-state index in [9.17, 15) is 0 Å². The Morgan fingerprint density at radius 2 is 2.27 bits per heavy atom. The highest BCUT2D eigenvalue weighted by molar-refractivity contribution is 7.15. The summed E-state index contributed by atoms with van der Waals surface area (Å²) < 4.78 is 0.621. The Morgan fingerprint density at radius 3 is 2.64 bits per heavy atom. The Labute approximate surface area is 73.7 Å². The second kappa shape index (κ2) is 3.11. The molecule has 60 valence electrons. The molecule has 0 radical (unpaired) electrons. The minimum absolute atomic E-state index is 0.0356. The summed E-state index contributed by atoms with van der Waals surface area (Å²) in [6.07, 6.45) is 0. The standard InChI is InChI=1S/C6H8ClN3S/c1-3-2-11-5(7)4(3)10-6(8)9/h2H,1H3,(H4,8,9,10). The Hall–Kier alpha value is -0.740. The summed E-state index contributed by atoms with van der Waals surface area (Å²) >= 11 is 7.21. The smallest absolute Gasteiger partial charge is 0.191 e. The SMILES string of the molecule is Cc1csc(Cl)c1N=C(N)N. The first kappa shape index (κ1) is 8.36. The molecule has 11 heavy (non-hydrogen) atoms. The van der Waals surface area contributed by atoms with Gasteiger partial charge >= 0.3 is 0 Å². The highest BCUT2D eigenvalue weighted by Crippen LogP contribution is 2.34. The second-order valence-electron chi connectivity index (χ2n) is 2.08. The van der Waals surface area contributed by atoms with Crippen LogP contribution in [-0.4, -0.2) is 5.96 Å². The number of hydrogen-bond acceptors (Lipinski definition) is 2. The van der Waals surface area contributed by atoms with Crippen LogP contribution in [0.1, 0.15) is 5.56 Å². The summed E-state index contributed by atoms with van der Waals surface area (Å²) in [5.41, 5.74) is 12.1. The number of nitrogens with zero attached hydrogens (tertiary/aromatic N) is 1. The maximum Gasteiger partial charge on any atom is 0.191 e. The molecule has 0 aromatic carbocycles. The number of guanidine groups is 1. The van der Waals surface area contributed by atoms with Crippen LogP contribution in [0.3, 0.4) is 0 Å². The molecule has 0 aliphatic carbocycles. The Bertz CT molecular complexity index is 269. The summed E-state index contributed by atoms with van der Waals surface area (Å²) in [7, 11) is 0. The Kier molecular flexibility index (Phi) is 2.36. The monoisotopic (exact) mass is 189 g/mol. The molecule has 1 aromatic rings. The molecule has 1 rings (SSSR count). The zero-order valence-electron chi connectivity index (χ0n) is 5.97. The van der Waals surface area contributed by atoms with Crippen molar-refractivity contribution in [3.8, 4) is 0 Å². The van der Waals surface area contributed by atoms with Crippen LogP contribution in [0.5, 0.6) is 0 Å². The van der Waals surface area contributed by atoms with Gasteiger partial charge in [-0.05, 0) is 17.9 Å². The lowest BCUT2D eigenvalue weighted by molar-refractivity contribution is 1.40. The first-order chi connectivity index (χ1) is 5.11. The van der Waals surface area contributed by atoms with Crippen molar-refractivity contribution in [2.45, 2.75) is 6.92 Å². The number of aryl methyl sites for hydroxylation is 1. The van der Waals surface area contributed by atoms with Gasteiger partial charge in [0.05, 0.1) is 5.69 Å². The number of thiophene rings is 1. The highest BCUT2D eigenvalue weighted by atomic mass is 35.5. The predicted octanol–water partition coefficient (Wildman–Crippen LogP) is 1.61. The third-order valence-corrected chi connectivity index (χ3v) is 2.46. The van der Waals surface area contributed by atoms with E-state index in [1.165, 1.54) is 11.3 Å². The summed E-state index contributed by atoms with van der Waals surface area (Å²) in [6, 6.07) is 0. The molecule has 0 spiro atoms. The molecule has 4 N–H and O–H groups in total. The zero-order valence-corrected chi connectivity index (χ0v) is 7.54. The van der Waals surface area contributed by atoms with E-state index >= 15 is 0 Å². The molecule has 1 heterocycles. The fraction of sp³-hybridized carbons (Fsp3) is 0.167. The maximum absolute atomic E-state index is 5.79. The molecule has 0 atom stereocenters. The van der Waals surface area contributed by atoms with Gasteiger partial charge in [0.15, 0.2) is 5.96 Å². The van der Waals surface area contributed by atoms with Gasteiger partial charge in [0, 0.05) is 0 Å². The van der Waals surface area contributed by atoms with E-state index < -0.39 is 0 Å². The second-order valence-corrected chi connectivity index (χ2v) is 3.56. The lowest BCUT2D eigenvalue weighted by Crippen LogP contribution is -2.21. The lowest BCUT2D eigenvalue weighted by atomic mass is 10.3. The van der Waals surface area contributed by atoms with E-state index in [0.717, 1.165) is 5.56 Å². The van der Waals surface area contributed by atoms with E-state index in [4.69, 9.17) is 23.1 Å². The van der Waals surface area contributed by atoms with Gasteiger partial charge in [0.2, 0.25) is 0 Å². The topological polar surface area (TPSA) is 64.4 Å². The predicted molar refractivity (Wildman–Crippen MR) is 49.5 cm³/mol. The van der Waals surface area contributed by atoms with Crippen LogP contribution >= 0.6 is 22.9 Å². The lowest BCUT2D eigenvalue weighted by Gasteiger charge is -1.92. The van der Waals surface area contributed by atoms with Crippen molar-refractivity contribution in [3.05, 3.63) is 15.3 Å². The minimum Gasteiger partial charge on any atom is -0.370 e. The molecule has 0 aliphatic rings. The van der Waals surface area contributed by atoms with E-state index in [1.807, 2.05) is 12.3 Å². The third-order valence-electron chi connectivity index (χ3n) is 1.14. The van der Waals surface area contributed by atoms with Crippen molar-refractivity contribution in [1.29, 1.82) is 0 Å². The molecular weight excluding hydrogens is 182 g/mol. The van der Waals surface area contributed by atoms with E-state index in [1.54, 1.807) is 0 Å². The van der Waals surface area contributed by atoms with Gasteiger partial charge in [-0.1, -0.05) is 11.6 Å². The van der Waals surface area contributed by atoms with Gasteiger partial charge in [-0.2, -0.15) is 0 Å². The minimum atomic E-state index is 0.0356. The van der Waals surface area contributed by atoms with Crippen LogP contribution in [0.15, 0.2) is 10.4 Å². The molecule has 0 bridgehead atoms. The molecule has 1 aromatic heterocycles. The third kappa shape index (κ3) is 1.85. The molecule has 3 nitrogen and oxygen atoms in total. The Morgan fingerprint density at radius 1 is 1.64 bits per heavy atom. The first-order valence-corrected chi connectivity index (χ1v) is 4.20. The number of rotatable bonds is 1. The fourth-order valence-corrected chi connectivity index (χ4v) is 1.70. The number of halogens is 1. The molecule has 0 unspecified atom stereocenters. The van der Waals surface area contributed by atoms with Crippen LogP contribution in [0.4, 0.5) is 5.69 Å². The number of nitrogens with two attached hydrogens (primary N) is 2. The average molecular weight is 190 g/mol. The molecule has 0 aliphatic heterocycles. The molecule has 0 saturated carbocycles. The van der Waals surface area contributed by atoms with Gasteiger partial charge in [-0.3, -0.25) is 0 Å². The van der Waals surface area contributed by atoms with Gasteiger partial charge in [-0.15, -0.1) is 11.3 Å². The van der Waals surface area contributed by atoms with E-state index in [-0.39, 0.29) is 5.96 Å². The van der Waals surface area contributed by atoms with Crippen molar-refractivity contribution < 1.29 is 0 Å². The zero-order chi connectivity index (χ0) is 8.43. The van der Waals surface area contributed by atoms with E-state index in [0.29, 0.717) is 10.0 Å². The molecule has 0 fully saturated rings. The summed E-state index contributed by atoms with van der Waals surface area (Å²) in [5, 5.41) is 1.91. The average Bonchev–Trinajstić information content (AvgIpc) is 2.18. The van der Waals surface area contributed by atoms with Gasteiger partial charge in [0.1, 0.15) is 4.34 Å². The summed E-state index contributed by atoms with van der Waals surface area (Å²) in [4.78, 5) is 3.87. The van der Waals surface area contributed by atoms with Crippen molar-refractivity contribution in [1.82, 2.24) is 0 Å². The van der Waals surface area contributed by atoms with E-state index in [2.05, 4.69) is 4.99 Å². The molecular formula is C6H8ClN3S. The van der Waals surface area contributed by atoms with Crippen LogP contribution < -0.4 is 11.5 Å². The number of hydrogen-bond donors (Lipinski definition) is 2.